The smallest absolute Gasteiger partial charge is 0.339 e. The van der Waals surface area contributed by atoms with Crippen molar-refractivity contribution in [2.75, 3.05) is 6.54 Å². The molecule has 1 heterocycles. The van der Waals surface area contributed by atoms with Crippen LogP contribution < -0.4 is 5.32 Å². The van der Waals surface area contributed by atoms with Crippen molar-refractivity contribution in [2.24, 2.45) is 0 Å². The van der Waals surface area contributed by atoms with Crippen molar-refractivity contribution in [3.05, 3.63) is 29.6 Å². The summed E-state index contributed by atoms with van der Waals surface area (Å²) in [6.45, 7) is 7.11. The first-order chi connectivity index (χ1) is 7.97. The van der Waals surface area contributed by atoms with Gasteiger partial charge in [-0.05, 0) is 13.8 Å². The Balaban J connectivity index is 2.86. The largest absolute Gasteiger partial charge is 0.478 e. The molecule has 92 valence electrons. The van der Waals surface area contributed by atoms with Crippen molar-refractivity contribution >= 4 is 11.9 Å². The molecular formula is C11H15N3O3. The van der Waals surface area contributed by atoms with Gasteiger partial charge in [0, 0.05) is 6.54 Å². The van der Waals surface area contributed by atoms with E-state index in [0.717, 1.165) is 0 Å². The Kier molecular flexibility index (Phi) is 4.03. The van der Waals surface area contributed by atoms with Gasteiger partial charge >= 0.3 is 5.97 Å². The molecule has 1 rings (SSSR count). The minimum atomic E-state index is -1.03. The van der Waals surface area contributed by atoms with Crippen LogP contribution in [-0.4, -0.2) is 33.3 Å². The van der Waals surface area contributed by atoms with Gasteiger partial charge in [0.15, 0.2) is 0 Å². The number of amides is 1. The zero-order valence-corrected chi connectivity index (χ0v) is 9.86. The first-order valence-corrected chi connectivity index (χ1v) is 5.12. The van der Waals surface area contributed by atoms with E-state index in [1.54, 1.807) is 19.9 Å². The summed E-state index contributed by atoms with van der Waals surface area (Å²) in [6.07, 6.45) is 1.57. The third-order valence-corrected chi connectivity index (χ3v) is 2.33. The zero-order valence-electron chi connectivity index (χ0n) is 9.86. The number of nitrogens with one attached hydrogen (secondary N) is 1. The van der Waals surface area contributed by atoms with Gasteiger partial charge in [0.1, 0.15) is 12.1 Å². The van der Waals surface area contributed by atoms with E-state index in [1.807, 2.05) is 0 Å². The summed E-state index contributed by atoms with van der Waals surface area (Å²) in [5, 5.41) is 15.6. The van der Waals surface area contributed by atoms with E-state index < -0.39 is 5.97 Å². The predicted molar refractivity (Wildman–Crippen MR) is 61.9 cm³/mol. The van der Waals surface area contributed by atoms with Crippen molar-refractivity contribution in [2.45, 2.75) is 20.4 Å². The molecule has 1 aromatic rings. The molecular weight excluding hydrogens is 222 g/mol. The van der Waals surface area contributed by atoms with Crippen LogP contribution in [0.15, 0.2) is 12.7 Å². The highest BCUT2D eigenvalue weighted by molar-refractivity contribution is 5.90. The van der Waals surface area contributed by atoms with Crippen LogP contribution in [0.1, 0.15) is 21.7 Å². The Labute approximate surface area is 98.9 Å². The van der Waals surface area contributed by atoms with Gasteiger partial charge < -0.3 is 10.4 Å². The Morgan fingerprint density at radius 1 is 1.53 bits per heavy atom. The highest BCUT2D eigenvalue weighted by atomic mass is 16.4. The van der Waals surface area contributed by atoms with E-state index in [4.69, 9.17) is 5.11 Å². The molecule has 0 unspecified atom stereocenters. The second-order valence-electron chi connectivity index (χ2n) is 3.60. The Bertz CT molecular complexity index is 463. The molecule has 17 heavy (non-hydrogen) atoms. The average molecular weight is 237 g/mol. The molecule has 1 aromatic heterocycles. The summed E-state index contributed by atoms with van der Waals surface area (Å²) in [6, 6.07) is 0. The van der Waals surface area contributed by atoms with Crippen molar-refractivity contribution < 1.29 is 14.7 Å². The molecule has 0 saturated carbocycles. The number of aromatic nitrogens is 2. The van der Waals surface area contributed by atoms with Crippen LogP contribution in [0.4, 0.5) is 0 Å². The van der Waals surface area contributed by atoms with Gasteiger partial charge in [-0.15, -0.1) is 6.58 Å². The van der Waals surface area contributed by atoms with E-state index in [9.17, 15) is 9.59 Å². The summed E-state index contributed by atoms with van der Waals surface area (Å²) in [7, 11) is 0. The molecule has 6 nitrogen and oxygen atoms in total. The number of rotatable bonds is 5. The number of carboxylic acid groups (broad SMARTS) is 1. The number of aromatic carboxylic acids is 1. The molecule has 0 aliphatic heterocycles. The van der Waals surface area contributed by atoms with Crippen LogP contribution in [-0.2, 0) is 11.3 Å². The molecule has 0 spiro atoms. The summed E-state index contributed by atoms with van der Waals surface area (Å²) in [4.78, 5) is 22.4. The molecule has 0 fully saturated rings. The van der Waals surface area contributed by atoms with E-state index in [2.05, 4.69) is 17.0 Å². The molecule has 0 aromatic carbocycles. The van der Waals surface area contributed by atoms with E-state index in [-0.39, 0.29) is 18.0 Å². The third kappa shape index (κ3) is 2.93. The van der Waals surface area contributed by atoms with Crippen LogP contribution in [0.25, 0.3) is 0 Å². The number of carboxylic acids is 1. The van der Waals surface area contributed by atoms with Gasteiger partial charge in [-0.2, -0.15) is 5.10 Å². The summed E-state index contributed by atoms with van der Waals surface area (Å²) in [5.74, 6) is -1.26. The number of carbonyl (C=O) groups excluding carboxylic acids is 1. The number of hydrogen-bond acceptors (Lipinski definition) is 3. The van der Waals surface area contributed by atoms with Gasteiger partial charge in [-0.3, -0.25) is 9.48 Å². The van der Waals surface area contributed by atoms with Crippen LogP contribution in [0, 0.1) is 13.8 Å². The second kappa shape index (κ2) is 5.29. The summed E-state index contributed by atoms with van der Waals surface area (Å²) >= 11 is 0. The van der Waals surface area contributed by atoms with E-state index in [0.29, 0.717) is 17.9 Å². The number of carbonyl (C=O) groups is 2. The Hall–Kier alpha value is -2.11. The van der Waals surface area contributed by atoms with Crippen molar-refractivity contribution in [3.8, 4) is 0 Å². The third-order valence-electron chi connectivity index (χ3n) is 2.33. The summed E-state index contributed by atoms with van der Waals surface area (Å²) < 4.78 is 1.39. The molecule has 0 atom stereocenters. The molecule has 6 heteroatoms. The molecule has 1 amide bonds. The van der Waals surface area contributed by atoms with Gasteiger partial charge in [0.25, 0.3) is 0 Å². The van der Waals surface area contributed by atoms with E-state index >= 15 is 0 Å². The molecule has 2 N–H and O–H groups in total. The normalized spacial score (nSPS) is 10.0. The SMILES string of the molecule is C=CCNC(=O)Cn1nc(C)c(C(=O)O)c1C. The predicted octanol–water partition coefficient (Wildman–Crippen LogP) is 0.500. The fraction of sp³-hybridized carbons (Fsp3) is 0.364. The Morgan fingerprint density at radius 2 is 2.18 bits per heavy atom. The lowest BCUT2D eigenvalue weighted by Gasteiger charge is -2.04. The lowest BCUT2D eigenvalue weighted by Crippen LogP contribution is -2.28. The average Bonchev–Trinajstić information content (AvgIpc) is 2.51. The second-order valence-corrected chi connectivity index (χ2v) is 3.60. The fourth-order valence-electron chi connectivity index (χ4n) is 1.54. The van der Waals surface area contributed by atoms with Gasteiger partial charge in [-0.1, -0.05) is 6.08 Å². The Morgan fingerprint density at radius 3 is 2.65 bits per heavy atom. The van der Waals surface area contributed by atoms with Gasteiger partial charge in [0.05, 0.1) is 11.4 Å². The lowest BCUT2D eigenvalue weighted by atomic mass is 10.2. The molecule has 0 aliphatic rings. The van der Waals surface area contributed by atoms with Crippen LogP contribution >= 0.6 is 0 Å². The number of aryl methyl sites for hydroxylation is 1. The zero-order chi connectivity index (χ0) is 13.0. The summed E-state index contributed by atoms with van der Waals surface area (Å²) in [5.41, 5.74) is 1.04. The molecule has 0 aliphatic carbocycles. The minimum Gasteiger partial charge on any atom is -0.478 e. The fourth-order valence-corrected chi connectivity index (χ4v) is 1.54. The maximum Gasteiger partial charge on any atom is 0.339 e. The topological polar surface area (TPSA) is 84.2 Å². The highest BCUT2D eigenvalue weighted by Gasteiger charge is 2.18. The minimum absolute atomic E-state index is 0.00773. The quantitative estimate of drug-likeness (QED) is 0.730. The maximum atomic E-state index is 11.4. The number of nitrogens with zero attached hydrogens (tertiary/aromatic N) is 2. The monoisotopic (exact) mass is 237 g/mol. The lowest BCUT2D eigenvalue weighted by molar-refractivity contribution is -0.121. The maximum absolute atomic E-state index is 11.4. The van der Waals surface area contributed by atoms with Crippen LogP contribution in [0.5, 0.6) is 0 Å². The van der Waals surface area contributed by atoms with Crippen LogP contribution in [0.2, 0.25) is 0 Å². The highest BCUT2D eigenvalue weighted by Crippen LogP contribution is 2.12. The molecule has 0 saturated heterocycles. The van der Waals surface area contributed by atoms with E-state index in [1.165, 1.54) is 4.68 Å². The van der Waals surface area contributed by atoms with Crippen molar-refractivity contribution in [3.63, 3.8) is 0 Å². The first-order valence-electron chi connectivity index (χ1n) is 5.12. The number of hydrogen-bond donors (Lipinski definition) is 2. The molecule has 0 bridgehead atoms. The van der Waals surface area contributed by atoms with Crippen molar-refractivity contribution in [1.29, 1.82) is 0 Å². The van der Waals surface area contributed by atoms with Crippen molar-refractivity contribution in [1.82, 2.24) is 15.1 Å². The van der Waals surface area contributed by atoms with Gasteiger partial charge in [-0.25, -0.2) is 4.79 Å². The van der Waals surface area contributed by atoms with Crippen LogP contribution in [0.3, 0.4) is 0 Å². The van der Waals surface area contributed by atoms with Gasteiger partial charge in [0.2, 0.25) is 5.91 Å². The standard InChI is InChI=1S/C11H15N3O3/c1-4-5-12-9(15)6-14-8(3)10(11(16)17)7(2)13-14/h4H,1,5-6H2,2-3H3,(H,12,15)(H,16,17). The first kappa shape index (κ1) is 13.0. The molecule has 0 radical (unpaired) electrons.